The number of nitrogens with two attached hydrogens (primary N) is 1. The van der Waals surface area contributed by atoms with E-state index in [1.54, 1.807) is 17.1 Å². The first-order chi connectivity index (χ1) is 14.8. The van der Waals surface area contributed by atoms with Crippen molar-refractivity contribution in [3.63, 3.8) is 0 Å². The molecule has 9 heteroatoms. The fourth-order valence-electron chi connectivity index (χ4n) is 4.16. The molecule has 1 aliphatic heterocycles. The highest BCUT2D eigenvalue weighted by atomic mass is 35.5. The van der Waals surface area contributed by atoms with E-state index in [0.717, 1.165) is 50.0 Å². The summed E-state index contributed by atoms with van der Waals surface area (Å²) < 4.78 is 1.72. The number of halogens is 1. The number of nitrogen functional groups attached to an aromatic ring is 1. The SMILES string of the molecule is CCn1cc(C(=O)C[C@@H](C)C(=O)N2CCC(CCc3c(C)nc(Cl)nc3N)CC2)cn1. The Balaban J connectivity index is 1.46. The molecule has 1 atom stereocenters. The molecule has 1 amide bonds. The maximum absolute atomic E-state index is 12.8. The van der Waals surface area contributed by atoms with Crippen molar-refractivity contribution < 1.29 is 9.59 Å². The van der Waals surface area contributed by atoms with Crippen LogP contribution in [0.25, 0.3) is 0 Å². The van der Waals surface area contributed by atoms with Crippen molar-refractivity contribution in [3.05, 3.63) is 34.5 Å². The van der Waals surface area contributed by atoms with Crippen molar-refractivity contribution in [2.75, 3.05) is 18.8 Å². The molecule has 0 aromatic carbocycles. The maximum atomic E-state index is 12.8. The van der Waals surface area contributed by atoms with E-state index in [2.05, 4.69) is 15.1 Å². The van der Waals surface area contributed by atoms with Gasteiger partial charge in [0.2, 0.25) is 11.2 Å². The van der Waals surface area contributed by atoms with Crippen LogP contribution in [0.2, 0.25) is 5.28 Å². The number of aryl methyl sites for hydroxylation is 2. The van der Waals surface area contributed by atoms with Crippen LogP contribution in [-0.4, -0.2) is 49.4 Å². The number of amides is 1. The number of anilines is 1. The molecule has 1 saturated heterocycles. The summed E-state index contributed by atoms with van der Waals surface area (Å²) in [6.45, 7) is 7.87. The minimum atomic E-state index is -0.331. The lowest BCUT2D eigenvalue weighted by molar-refractivity contribution is -0.136. The summed E-state index contributed by atoms with van der Waals surface area (Å²) in [5.41, 5.74) is 8.36. The molecular weight excluding hydrogens is 416 g/mol. The summed E-state index contributed by atoms with van der Waals surface area (Å²) in [6, 6.07) is 0. The summed E-state index contributed by atoms with van der Waals surface area (Å²) in [6.07, 6.45) is 7.21. The average Bonchev–Trinajstić information content (AvgIpc) is 3.22. The van der Waals surface area contributed by atoms with Gasteiger partial charge in [0.1, 0.15) is 5.82 Å². The van der Waals surface area contributed by atoms with Gasteiger partial charge >= 0.3 is 0 Å². The largest absolute Gasteiger partial charge is 0.383 e. The van der Waals surface area contributed by atoms with E-state index in [-0.39, 0.29) is 29.3 Å². The summed E-state index contributed by atoms with van der Waals surface area (Å²) in [4.78, 5) is 35.4. The molecule has 31 heavy (non-hydrogen) atoms. The number of carbonyl (C=O) groups excluding carboxylic acids is 2. The lowest BCUT2D eigenvalue weighted by atomic mass is 9.89. The van der Waals surface area contributed by atoms with Gasteiger partial charge in [0.25, 0.3) is 0 Å². The van der Waals surface area contributed by atoms with Crippen molar-refractivity contribution in [2.45, 2.75) is 59.4 Å². The molecule has 0 bridgehead atoms. The topological polar surface area (TPSA) is 107 Å². The number of hydrogen-bond donors (Lipinski definition) is 1. The van der Waals surface area contributed by atoms with Gasteiger partial charge < -0.3 is 10.6 Å². The smallest absolute Gasteiger partial charge is 0.225 e. The van der Waals surface area contributed by atoms with Gasteiger partial charge in [0.05, 0.1) is 11.8 Å². The molecule has 2 aromatic heterocycles. The highest BCUT2D eigenvalue weighted by Gasteiger charge is 2.28. The fraction of sp³-hybridized carbons (Fsp3) is 0.591. The summed E-state index contributed by atoms with van der Waals surface area (Å²) in [5.74, 6) is 0.667. The van der Waals surface area contributed by atoms with Crippen LogP contribution < -0.4 is 5.73 Å². The van der Waals surface area contributed by atoms with Crippen LogP contribution in [0.4, 0.5) is 5.82 Å². The summed E-state index contributed by atoms with van der Waals surface area (Å²) in [7, 11) is 0. The first-order valence-corrected chi connectivity index (χ1v) is 11.3. The number of ketones is 1. The number of hydrogen-bond acceptors (Lipinski definition) is 6. The van der Waals surface area contributed by atoms with Crippen LogP contribution in [0.15, 0.2) is 12.4 Å². The third-order valence-corrected chi connectivity index (χ3v) is 6.31. The molecule has 1 fully saturated rings. The molecule has 0 aliphatic carbocycles. The Kier molecular flexibility index (Phi) is 7.64. The minimum Gasteiger partial charge on any atom is -0.383 e. The quantitative estimate of drug-likeness (QED) is 0.492. The Morgan fingerprint density at radius 1 is 1.29 bits per heavy atom. The van der Waals surface area contributed by atoms with Crippen molar-refractivity contribution in [2.24, 2.45) is 11.8 Å². The van der Waals surface area contributed by atoms with Gasteiger partial charge in [-0.2, -0.15) is 5.10 Å². The zero-order valence-electron chi connectivity index (χ0n) is 18.5. The van der Waals surface area contributed by atoms with Crippen LogP contribution in [0.5, 0.6) is 0 Å². The molecule has 2 aromatic rings. The zero-order chi connectivity index (χ0) is 22.5. The zero-order valence-corrected chi connectivity index (χ0v) is 19.2. The molecule has 3 heterocycles. The second-order valence-corrected chi connectivity index (χ2v) is 8.70. The Morgan fingerprint density at radius 2 is 2.00 bits per heavy atom. The second-order valence-electron chi connectivity index (χ2n) is 8.36. The van der Waals surface area contributed by atoms with E-state index >= 15 is 0 Å². The molecule has 168 valence electrons. The van der Waals surface area contributed by atoms with Gasteiger partial charge in [-0.15, -0.1) is 0 Å². The van der Waals surface area contributed by atoms with Crippen molar-refractivity contribution in [1.29, 1.82) is 0 Å². The Hall–Kier alpha value is -2.48. The van der Waals surface area contributed by atoms with E-state index in [1.165, 1.54) is 0 Å². The van der Waals surface area contributed by atoms with Crippen molar-refractivity contribution in [1.82, 2.24) is 24.6 Å². The van der Waals surface area contributed by atoms with Gasteiger partial charge in [-0.3, -0.25) is 14.3 Å². The summed E-state index contributed by atoms with van der Waals surface area (Å²) in [5, 5.41) is 4.32. The lowest BCUT2D eigenvalue weighted by Crippen LogP contribution is -2.41. The number of piperidine rings is 1. The van der Waals surface area contributed by atoms with Crippen LogP contribution in [0, 0.1) is 18.8 Å². The monoisotopic (exact) mass is 446 g/mol. The van der Waals surface area contributed by atoms with Crippen LogP contribution >= 0.6 is 11.6 Å². The third kappa shape index (κ3) is 5.81. The van der Waals surface area contributed by atoms with Gasteiger partial charge in [-0.1, -0.05) is 6.92 Å². The van der Waals surface area contributed by atoms with Gasteiger partial charge in [0.15, 0.2) is 5.78 Å². The van der Waals surface area contributed by atoms with E-state index < -0.39 is 0 Å². The van der Waals surface area contributed by atoms with E-state index in [9.17, 15) is 9.59 Å². The van der Waals surface area contributed by atoms with Crippen LogP contribution in [-0.2, 0) is 17.8 Å². The predicted molar refractivity (Wildman–Crippen MR) is 120 cm³/mol. The first-order valence-electron chi connectivity index (χ1n) is 10.9. The number of likely N-dealkylation sites (tertiary alicyclic amines) is 1. The molecule has 2 N–H and O–H groups in total. The van der Waals surface area contributed by atoms with E-state index in [0.29, 0.717) is 23.8 Å². The number of carbonyl (C=O) groups is 2. The first kappa shape index (κ1) is 23.2. The standard InChI is InChI=1S/C22H31ClN6O2/c1-4-29-13-17(12-25-29)19(30)11-14(2)21(31)28-9-7-16(8-10-28)5-6-18-15(3)26-22(23)27-20(18)24/h12-14,16H,4-11H2,1-3H3,(H2,24,26,27)/t14-/m1/s1. The maximum Gasteiger partial charge on any atom is 0.225 e. The molecule has 0 unspecified atom stereocenters. The normalized spacial score (nSPS) is 15.8. The Morgan fingerprint density at radius 3 is 2.61 bits per heavy atom. The molecule has 3 rings (SSSR count). The van der Waals surface area contributed by atoms with Crippen LogP contribution in [0.1, 0.15) is 61.1 Å². The molecule has 8 nitrogen and oxygen atoms in total. The Labute approximate surface area is 188 Å². The third-order valence-electron chi connectivity index (χ3n) is 6.14. The van der Waals surface area contributed by atoms with Crippen LogP contribution in [0.3, 0.4) is 0 Å². The lowest BCUT2D eigenvalue weighted by Gasteiger charge is -2.33. The molecule has 0 radical (unpaired) electrons. The van der Waals surface area contributed by atoms with Crippen molar-refractivity contribution >= 4 is 29.1 Å². The summed E-state index contributed by atoms with van der Waals surface area (Å²) >= 11 is 5.85. The fourth-order valence-corrected chi connectivity index (χ4v) is 4.38. The molecule has 1 aliphatic rings. The molecule has 0 spiro atoms. The minimum absolute atomic E-state index is 0.0337. The highest BCUT2D eigenvalue weighted by molar-refractivity contribution is 6.28. The van der Waals surface area contributed by atoms with Gasteiger partial charge in [-0.05, 0) is 57.0 Å². The van der Waals surface area contributed by atoms with E-state index in [1.807, 2.05) is 25.7 Å². The van der Waals surface area contributed by atoms with Crippen molar-refractivity contribution in [3.8, 4) is 0 Å². The Bertz CT molecular complexity index is 913. The number of rotatable bonds is 8. The van der Waals surface area contributed by atoms with Gasteiger partial charge in [0, 0.05) is 49.4 Å². The second kappa shape index (κ2) is 10.2. The number of aromatic nitrogens is 4. The average molecular weight is 447 g/mol. The molecule has 0 saturated carbocycles. The highest BCUT2D eigenvalue weighted by Crippen LogP contribution is 2.26. The number of Topliss-reactive ketones (excluding diaryl/α,β-unsaturated/α-hetero) is 1. The predicted octanol–water partition coefficient (Wildman–Crippen LogP) is 3.32. The van der Waals surface area contributed by atoms with E-state index in [4.69, 9.17) is 17.3 Å². The van der Waals surface area contributed by atoms with Gasteiger partial charge in [-0.25, -0.2) is 9.97 Å². The molecular formula is C22H31ClN6O2. The number of nitrogens with zero attached hydrogens (tertiary/aromatic N) is 5.